The first kappa shape index (κ1) is 46.9. The first-order chi connectivity index (χ1) is 41.7. The third-order valence-corrected chi connectivity index (χ3v) is 18.2. The van der Waals surface area contributed by atoms with Gasteiger partial charge in [-0.3, -0.25) is 5.32 Å². The Morgan fingerprint density at radius 3 is 1.35 bits per heavy atom. The number of aromatic nitrogens is 4. The number of hydrogen-bond acceptors (Lipinski definition) is 2. The summed E-state index contributed by atoms with van der Waals surface area (Å²) in [4.78, 5) is 5.84. The molecule has 15 aromatic rings. The highest BCUT2D eigenvalue weighted by Crippen LogP contribution is 2.43. The summed E-state index contributed by atoms with van der Waals surface area (Å²) in [6, 6.07) is 93.6. The molecule has 0 amide bonds. The number of rotatable bonds is 7. The molecule has 11 aromatic carbocycles. The summed E-state index contributed by atoms with van der Waals surface area (Å²) in [5.74, 6) is 0.144. The van der Waals surface area contributed by atoms with Gasteiger partial charge in [0.05, 0.1) is 49.8 Å². The molecule has 1 N–H and O–H groups in total. The first-order valence-corrected chi connectivity index (χ1v) is 29.1. The summed E-state index contributed by atoms with van der Waals surface area (Å²) in [5.41, 5.74) is 22.1. The highest BCUT2D eigenvalue weighted by Gasteiger charge is 2.38. The summed E-state index contributed by atoms with van der Waals surface area (Å²) in [7, 11) is 0. The van der Waals surface area contributed by atoms with E-state index in [0.29, 0.717) is 0 Å². The van der Waals surface area contributed by atoms with Crippen LogP contribution in [-0.4, -0.2) is 30.0 Å². The van der Waals surface area contributed by atoms with Gasteiger partial charge in [0, 0.05) is 77.7 Å². The molecule has 84 heavy (non-hydrogen) atoms. The summed E-state index contributed by atoms with van der Waals surface area (Å²) in [6.07, 6.45) is 13.1. The lowest BCUT2D eigenvalue weighted by Crippen LogP contribution is -2.48. The number of para-hydroxylation sites is 6. The number of fused-ring (bicyclic) bond motifs is 15. The van der Waals surface area contributed by atoms with Gasteiger partial charge in [-0.15, -0.1) is 0 Å². The van der Waals surface area contributed by atoms with Crippen LogP contribution in [0.1, 0.15) is 11.9 Å². The Bertz CT molecular complexity index is 5410. The molecule has 2 aliphatic carbocycles. The van der Waals surface area contributed by atoms with Crippen molar-refractivity contribution < 1.29 is 0 Å². The molecular formula is C78H52N6. The van der Waals surface area contributed by atoms with Crippen LogP contribution in [0.4, 0.5) is 0 Å². The monoisotopic (exact) mass is 1070 g/mol. The van der Waals surface area contributed by atoms with Gasteiger partial charge in [-0.2, -0.15) is 0 Å². The lowest BCUT2D eigenvalue weighted by molar-refractivity contribution is 0.359. The predicted molar refractivity (Wildman–Crippen MR) is 350 cm³/mol. The van der Waals surface area contributed by atoms with Crippen LogP contribution in [0.2, 0.25) is 0 Å². The van der Waals surface area contributed by atoms with E-state index in [1.165, 1.54) is 104 Å². The van der Waals surface area contributed by atoms with Crippen molar-refractivity contribution in [1.82, 2.24) is 23.6 Å². The summed E-state index contributed by atoms with van der Waals surface area (Å²) < 4.78 is 9.66. The van der Waals surface area contributed by atoms with Gasteiger partial charge in [0.25, 0.3) is 0 Å². The second-order valence-electron chi connectivity index (χ2n) is 22.6. The van der Waals surface area contributed by atoms with Crippen LogP contribution in [0.15, 0.2) is 307 Å². The molecule has 6 nitrogen and oxygen atoms in total. The van der Waals surface area contributed by atoms with Crippen LogP contribution < -0.4 is 5.32 Å². The molecule has 0 saturated heterocycles. The van der Waals surface area contributed by atoms with E-state index in [4.69, 9.17) is 4.99 Å². The second-order valence-corrected chi connectivity index (χ2v) is 22.6. The van der Waals surface area contributed by atoms with Crippen molar-refractivity contribution in [3.05, 3.63) is 308 Å². The molecular weight excluding hydrogens is 1020 g/mol. The third-order valence-electron chi connectivity index (χ3n) is 18.2. The zero-order valence-electron chi connectivity index (χ0n) is 45.7. The molecule has 3 unspecified atom stereocenters. The van der Waals surface area contributed by atoms with Gasteiger partial charge in [0.15, 0.2) is 6.29 Å². The average Bonchev–Trinajstić information content (AvgIpc) is 2.87. The normalized spacial score (nSPS) is 16.8. The summed E-state index contributed by atoms with van der Waals surface area (Å²) in [6.45, 7) is 0. The van der Waals surface area contributed by atoms with Crippen LogP contribution in [0.3, 0.4) is 0 Å². The van der Waals surface area contributed by atoms with Crippen LogP contribution in [-0.2, 0) is 0 Å². The molecule has 0 spiro atoms. The first-order valence-electron chi connectivity index (χ1n) is 29.1. The number of nitrogens with one attached hydrogen (secondary N) is 1. The average molecular weight is 1070 g/mol. The minimum atomic E-state index is -0.408. The molecule has 1 aliphatic heterocycles. The molecule has 0 fully saturated rings. The van der Waals surface area contributed by atoms with E-state index < -0.39 is 6.29 Å². The Morgan fingerprint density at radius 1 is 0.321 bits per heavy atom. The Hall–Kier alpha value is -10.8. The van der Waals surface area contributed by atoms with E-state index in [0.717, 1.165) is 44.9 Å². The molecule has 0 saturated carbocycles. The fraction of sp³-hybridized carbons (Fsp3) is 0.0385. The Kier molecular flexibility index (Phi) is 10.3. The van der Waals surface area contributed by atoms with Crippen LogP contribution in [0.5, 0.6) is 0 Å². The molecule has 0 bridgehead atoms. The van der Waals surface area contributed by atoms with Gasteiger partial charge in [0.2, 0.25) is 0 Å². The van der Waals surface area contributed by atoms with Gasteiger partial charge in [0.1, 0.15) is 0 Å². The zero-order valence-corrected chi connectivity index (χ0v) is 45.7. The molecule has 6 heteroatoms. The van der Waals surface area contributed by atoms with Gasteiger partial charge >= 0.3 is 0 Å². The van der Waals surface area contributed by atoms with Crippen molar-refractivity contribution in [2.75, 3.05) is 0 Å². The van der Waals surface area contributed by atoms with E-state index >= 15 is 0 Å². The fourth-order valence-corrected chi connectivity index (χ4v) is 14.4. The van der Waals surface area contributed by atoms with Gasteiger partial charge in [-0.05, 0) is 130 Å². The van der Waals surface area contributed by atoms with E-state index in [-0.39, 0.29) is 12.0 Å². The highest BCUT2D eigenvalue weighted by molar-refractivity contribution is 6.17. The number of hydrogen-bond donors (Lipinski definition) is 1. The topological polar surface area (TPSA) is 44.1 Å². The SMILES string of the molecule is C1=CC2=CC=C3C(c4ccc(-n5c6ccccc6c6ccc(-c7ccc8c(c7)c7ccccc7n8-c7ccccc7)cc65)cc4)=NC(n4c5ccccc5c5ccc(-c6ccc7c(c6)c6ccccc6n7-c6ccccc6)cc54)NC3C2C=C1. The highest BCUT2D eigenvalue weighted by atomic mass is 15.3. The van der Waals surface area contributed by atoms with Gasteiger partial charge in [-0.1, -0.05) is 194 Å². The van der Waals surface area contributed by atoms with E-state index in [1.807, 2.05) is 0 Å². The van der Waals surface area contributed by atoms with Crippen molar-refractivity contribution in [3.63, 3.8) is 0 Å². The number of aliphatic imine (C=N–C) groups is 1. The van der Waals surface area contributed by atoms with Crippen molar-refractivity contribution in [2.45, 2.75) is 12.3 Å². The van der Waals surface area contributed by atoms with Gasteiger partial charge in [-0.25, -0.2) is 4.99 Å². The standard InChI is InChI=1S/C78H52N6/c1-3-18-55(19-4-1)81-69-28-14-11-25-61(69)66-45-51(36-43-72(66)81)53-34-40-63-59-23-9-13-27-68(59)83(74(63)47-53)57-38-31-50(32-39-57)76-65-42-33-49-17-7-8-22-58(49)77(65)80-78(79-76)84-71-30-16-10-24-60(71)64-41-35-54(48-75(64)84)52-37-44-73-67(46-52)62-26-12-15-29-70(62)82(73)56-20-5-2-6-21-56/h1-48,58,77-78,80H. The van der Waals surface area contributed by atoms with Crippen molar-refractivity contribution in [2.24, 2.45) is 10.9 Å². The molecule has 3 atom stereocenters. The Balaban J connectivity index is 0.763. The lowest BCUT2D eigenvalue weighted by Gasteiger charge is -2.39. The largest absolute Gasteiger partial charge is 0.309 e. The maximum Gasteiger partial charge on any atom is 0.181 e. The van der Waals surface area contributed by atoms with Gasteiger partial charge < -0.3 is 18.3 Å². The fourth-order valence-electron chi connectivity index (χ4n) is 14.4. The molecule has 3 aliphatic rings. The molecule has 5 heterocycles. The minimum absolute atomic E-state index is 0.0167. The maximum atomic E-state index is 5.84. The smallest absolute Gasteiger partial charge is 0.181 e. The lowest BCUT2D eigenvalue weighted by atomic mass is 9.77. The second kappa shape index (κ2) is 18.4. The van der Waals surface area contributed by atoms with Crippen LogP contribution >= 0.6 is 0 Å². The summed E-state index contributed by atoms with van der Waals surface area (Å²) >= 11 is 0. The third kappa shape index (κ3) is 7.05. The van der Waals surface area contributed by atoms with E-state index in [9.17, 15) is 0 Å². The quantitative estimate of drug-likeness (QED) is 0.170. The van der Waals surface area contributed by atoms with E-state index in [2.05, 4.69) is 315 Å². The van der Waals surface area contributed by atoms with E-state index in [1.54, 1.807) is 0 Å². The Morgan fingerprint density at radius 2 is 0.750 bits per heavy atom. The zero-order chi connectivity index (χ0) is 55.0. The Labute approximate surface area is 484 Å². The predicted octanol–water partition coefficient (Wildman–Crippen LogP) is 18.9. The molecule has 394 valence electrons. The summed E-state index contributed by atoms with van der Waals surface area (Å²) in [5, 5.41) is 14.0. The maximum absolute atomic E-state index is 5.84. The molecule has 18 rings (SSSR count). The van der Waals surface area contributed by atoms with Crippen molar-refractivity contribution >= 4 is 92.9 Å². The molecule has 4 aromatic heterocycles. The molecule has 0 radical (unpaired) electrons. The van der Waals surface area contributed by atoms with Crippen molar-refractivity contribution in [3.8, 4) is 39.3 Å². The number of allylic oxidation sites excluding steroid dienone is 5. The van der Waals surface area contributed by atoms with Crippen LogP contribution in [0.25, 0.3) is 127 Å². The van der Waals surface area contributed by atoms with Crippen molar-refractivity contribution in [1.29, 1.82) is 0 Å². The number of benzene rings is 11. The number of nitrogens with zero attached hydrogens (tertiary/aromatic N) is 5. The van der Waals surface area contributed by atoms with Crippen LogP contribution in [0, 0.1) is 5.92 Å². The minimum Gasteiger partial charge on any atom is -0.309 e.